The number of benzene rings is 2. The maximum atomic E-state index is 12.0. The number of aliphatic hydroxyl groups excluding tert-OH is 1. The fraction of sp³-hybridized carbons (Fsp3) is 0.125. The Bertz CT molecular complexity index is 1080. The highest BCUT2D eigenvalue weighted by Crippen LogP contribution is 2.28. The average Bonchev–Trinajstić information content (AvgIpc) is 2.79. The SMILES string of the molecule is COc1cc(/C=C/C(O)=C/C(=O)/C=C/c2ccc(OCC(=O)O)cc2)ccc1OCC(=O)O. The lowest BCUT2D eigenvalue weighted by molar-refractivity contribution is -0.140. The summed E-state index contributed by atoms with van der Waals surface area (Å²) >= 11 is 0. The van der Waals surface area contributed by atoms with Crippen LogP contribution in [0.3, 0.4) is 0 Å². The van der Waals surface area contributed by atoms with Gasteiger partial charge in [0.2, 0.25) is 0 Å². The lowest BCUT2D eigenvalue weighted by atomic mass is 10.1. The van der Waals surface area contributed by atoms with E-state index in [0.29, 0.717) is 22.6 Å². The summed E-state index contributed by atoms with van der Waals surface area (Å²) in [7, 11) is 1.41. The molecule has 0 amide bonds. The second-order valence-corrected chi connectivity index (χ2v) is 6.48. The van der Waals surface area contributed by atoms with Gasteiger partial charge in [-0.3, -0.25) is 4.79 Å². The number of ether oxygens (including phenoxy) is 3. The van der Waals surface area contributed by atoms with Gasteiger partial charge in [0, 0.05) is 6.08 Å². The van der Waals surface area contributed by atoms with Crippen LogP contribution in [0, 0.1) is 0 Å². The van der Waals surface area contributed by atoms with E-state index in [9.17, 15) is 19.5 Å². The van der Waals surface area contributed by atoms with Crippen LogP contribution in [0.1, 0.15) is 11.1 Å². The minimum absolute atomic E-state index is 0.263. The minimum atomic E-state index is -1.11. The first kappa shape index (κ1) is 24.7. The number of hydrogen-bond acceptors (Lipinski definition) is 7. The molecule has 0 saturated heterocycles. The molecule has 0 spiro atoms. The molecule has 2 aromatic carbocycles. The molecule has 0 atom stereocenters. The summed E-state index contributed by atoms with van der Waals surface area (Å²) in [4.78, 5) is 33.1. The summed E-state index contributed by atoms with van der Waals surface area (Å²) in [5.41, 5.74) is 1.31. The first-order valence-corrected chi connectivity index (χ1v) is 9.55. The van der Waals surface area contributed by atoms with Crippen LogP contribution >= 0.6 is 0 Å². The van der Waals surface area contributed by atoms with E-state index in [-0.39, 0.29) is 11.5 Å². The fourth-order valence-electron chi connectivity index (χ4n) is 2.47. The smallest absolute Gasteiger partial charge is 0.341 e. The van der Waals surface area contributed by atoms with Gasteiger partial charge < -0.3 is 29.5 Å². The Morgan fingerprint density at radius 1 is 0.788 bits per heavy atom. The molecule has 172 valence electrons. The molecule has 0 aliphatic rings. The van der Waals surface area contributed by atoms with E-state index in [1.54, 1.807) is 42.5 Å². The van der Waals surface area contributed by atoms with Crippen LogP contribution in [0.2, 0.25) is 0 Å². The van der Waals surface area contributed by atoms with E-state index in [1.807, 2.05) is 0 Å². The third-order valence-electron chi connectivity index (χ3n) is 3.96. The van der Waals surface area contributed by atoms with Gasteiger partial charge in [-0.25, -0.2) is 9.59 Å². The molecule has 0 saturated carbocycles. The Hall–Kier alpha value is -4.53. The summed E-state index contributed by atoms with van der Waals surface area (Å²) in [6.07, 6.45) is 6.72. The molecular weight excluding hydrogens is 432 g/mol. The molecule has 33 heavy (non-hydrogen) atoms. The Balaban J connectivity index is 1.97. The first-order valence-electron chi connectivity index (χ1n) is 9.55. The molecule has 2 aromatic rings. The highest BCUT2D eigenvalue weighted by molar-refractivity contribution is 6.02. The summed E-state index contributed by atoms with van der Waals surface area (Å²) in [5.74, 6) is -1.94. The van der Waals surface area contributed by atoms with Crippen molar-refractivity contribution in [2.45, 2.75) is 0 Å². The zero-order chi connectivity index (χ0) is 24.2. The highest BCUT2D eigenvalue weighted by atomic mass is 16.5. The van der Waals surface area contributed by atoms with E-state index >= 15 is 0 Å². The number of methoxy groups -OCH3 is 1. The molecule has 0 aliphatic heterocycles. The quantitative estimate of drug-likeness (QED) is 0.250. The molecule has 2 rings (SSSR count). The van der Waals surface area contributed by atoms with Crippen molar-refractivity contribution in [3.8, 4) is 17.2 Å². The first-order chi connectivity index (χ1) is 15.8. The van der Waals surface area contributed by atoms with Crippen LogP contribution in [0.4, 0.5) is 0 Å². The number of aliphatic hydroxyl groups is 1. The number of carboxylic acid groups (broad SMARTS) is 2. The van der Waals surface area contributed by atoms with Crippen molar-refractivity contribution in [1.29, 1.82) is 0 Å². The number of carboxylic acids is 2. The van der Waals surface area contributed by atoms with Crippen molar-refractivity contribution in [2.24, 2.45) is 0 Å². The molecule has 0 radical (unpaired) electrons. The molecule has 9 nitrogen and oxygen atoms in total. The van der Waals surface area contributed by atoms with Gasteiger partial charge in [0.25, 0.3) is 0 Å². The Kier molecular flexibility index (Phi) is 9.26. The van der Waals surface area contributed by atoms with Crippen molar-refractivity contribution in [2.75, 3.05) is 20.3 Å². The lowest BCUT2D eigenvalue weighted by Crippen LogP contribution is -2.10. The molecule has 9 heteroatoms. The third-order valence-corrected chi connectivity index (χ3v) is 3.96. The van der Waals surface area contributed by atoms with Crippen LogP contribution in [-0.2, 0) is 14.4 Å². The maximum Gasteiger partial charge on any atom is 0.341 e. The number of ketones is 1. The topological polar surface area (TPSA) is 140 Å². The lowest BCUT2D eigenvalue weighted by Gasteiger charge is -2.09. The summed E-state index contributed by atoms with van der Waals surface area (Å²) in [6.45, 7) is -0.950. The van der Waals surface area contributed by atoms with Crippen molar-refractivity contribution in [1.82, 2.24) is 0 Å². The van der Waals surface area contributed by atoms with Gasteiger partial charge in [-0.2, -0.15) is 0 Å². The Morgan fingerprint density at radius 2 is 1.39 bits per heavy atom. The Morgan fingerprint density at radius 3 is 2.03 bits per heavy atom. The molecule has 0 aliphatic carbocycles. The van der Waals surface area contributed by atoms with Crippen molar-refractivity contribution in [3.05, 3.63) is 77.6 Å². The third kappa shape index (κ3) is 9.01. The Labute approximate surface area is 189 Å². The van der Waals surface area contributed by atoms with Gasteiger partial charge in [-0.15, -0.1) is 0 Å². The van der Waals surface area contributed by atoms with Crippen LogP contribution in [0.5, 0.6) is 17.2 Å². The van der Waals surface area contributed by atoms with Crippen LogP contribution < -0.4 is 14.2 Å². The van der Waals surface area contributed by atoms with E-state index in [2.05, 4.69) is 0 Å². The molecule has 0 aromatic heterocycles. The van der Waals surface area contributed by atoms with Gasteiger partial charge >= 0.3 is 11.9 Å². The summed E-state index contributed by atoms with van der Waals surface area (Å²) in [6, 6.07) is 11.2. The largest absolute Gasteiger partial charge is 0.508 e. The van der Waals surface area contributed by atoms with E-state index in [1.165, 1.54) is 31.4 Å². The van der Waals surface area contributed by atoms with Crippen molar-refractivity contribution < 1.29 is 43.9 Å². The second kappa shape index (κ2) is 12.4. The van der Waals surface area contributed by atoms with Crippen LogP contribution in [0.15, 0.2) is 66.5 Å². The van der Waals surface area contributed by atoms with Crippen LogP contribution in [0.25, 0.3) is 12.2 Å². The van der Waals surface area contributed by atoms with Gasteiger partial charge in [0.1, 0.15) is 11.5 Å². The normalized spacial score (nSPS) is 11.5. The fourth-order valence-corrected chi connectivity index (χ4v) is 2.47. The summed E-state index contributed by atoms with van der Waals surface area (Å²) < 4.78 is 15.3. The number of carbonyl (C=O) groups is 3. The standard InChI is InChI=1S/C24H22O9/c1-31-22-12-17(6-11-21(22)33-15-24(29)30)3-8-19(26)13-18(25)7-2-16-4-9-20(10-5-16)32-14-23(27)28/h2-13,26H,14-15H2,1H3,(H,27,28)(H,29,30)/b7-2+,8-3+,19-13-. The predicted octanol–water partition coefficient (Wildman–Crippen LogP) is 3.36. The number of carbonyl (C=O) groups excluding carboxylic acids is 1. The van der Waals surface area contributed by atoms with E-state index < -0.39 is 30.9 Å². The maximum absolute atomic E-state index is 12.0. The van der Waals surface area contributed by atoms with E-state index in [4.69, 9.17) is 24.4 Å². The molecule has 0 fully saturated rings. The number of hydrogen-bond donors (Lipinski definition) is 3. The minimum Gasteiger partial charge on any atom is -0.508 e. The monoisotopic (exact) mass is 454 g/mol. The average molecular weight is 454 g/mol. The van der Waals surface area contributed by atoms with Gasteiger partial charge in [-0.05, 0) is 47.5 Å². The van der Waals surface area contributed by atoms with Gasteiger partial charge in [0.15, 0.2) is 30.5 Å². The molecule has 0 heterocycles. The molecule has 0 bridgehead atoms. The number of rotatable bonds is 12. The van der Waals surface area contributed by atoms with Crippen LogP contribution in [-0.4, -0.2) is 53.4 Å². The molecule has 0 unspecified atom stereocenters. The van der Waals surface area contributed by atoms with E-state index in [0.717, 1.165) is 6.08 Å². The highest BCUT2D eigenvalue weighted by Gasteiger charge is 2.07. The predicted molar refractivity (Wildman–Crippen MR) is 119 cm³/mol. The van der Waals surface area contributed by atoms with Gasteiger partial charge in [0.05, 0.1) is 7.11 Å². The second-order valence-electron chi connectivity index (χ2n) is 6.48. The number of aliphatic carboxylic acids is 2. The van der Waals surface area contributed by atoms with Gasteiger partial charge in [-0.1, -0.05) is 30.4 Å². The zero-order valence-corrected chi connectivity index (χ0v) is 17.6. The van der Waals surface area contributed by atoms with Crippen molar-refractivity contribution in [3.63, 3.8) is 0 Å². The van der Waals surface area contributed by atoms with Crippen molar-refractivity contribution >= 4 is 29.9 Å². The molecular formula is C24H22O9. The zero-order valence-electron chi connectivity index (χ0n) is 17.6. The number of allylic oxidation sites excluding steroid dienone is 3. The summed E-state index contributed by atoms with van der Waals surface area (Å²) in [5, 5.41) is 27.3. The molecule has 3 N–H and O–H groups in total.